The van der Waals surface area contributed by atoms with E-state index in [9.17, 15) is 0 Å². The summed E-state index contributed by atoms with van der Waals surface area (Å²) in [5.74, 6) is 0.656. The van der Waals surface area contributed by atoms with Gasteiger partial charge in [0.05, 0.1) is 19.3 Å². The zero-order valence-corrected chi connectivity index (χ0v) is 10.7. The molecule has 0 radical (unpaired) electrons. The number of nitrogens with zero attached hydrogens (tertiary/aromatic N) is 1. The third kappa shape index (κ3) is 3.40. The summed E-state index contributed by atoms with van der Waals surface area (Å²) in [6, 6.07) is 7.37. The minimum Gasteiger partial charge on any atom is -0.497 e. The number of nitriles is 1. The molecule has 0 aromatic heterocycles. The predicted molar refractivity (Wildman–Crippen MR) is 67.8 cm³/mol. The fraction of sp³-hybridized carbons (Fsp3) is 0.273. The zero-order valence-electron chi connectivity index (χ0n) is 9.02. The third-order valence-corrected chi connectivity index (χ3v) is 2.99. The number of thioether (sulfide) groups is 1. The van der Waals surface area contributed by atoms with Crippen LogP contribution in [0.25, 0.3) is 0 Å². The Kier molecular flexibility index (Phi) is 5.09. The van der Waals surface area contributed by atoms with Gasteiger partial charge < -0.3 is 9.47 Å². The van der Waals surface area contributed by atoms with Crippen LogP contribution in [0.5, 0.6) is 5.75 Å². The molecule has 1 aromatic rings. The molecule has 0 amide bonds. The first-order valence-electron chi connectivity index (χ1n) is 4.64. The van der Waals surface area contributed by atoms with Crippen LogP contribution in [-0.2, 0) is 4.74 Å². The molecule has 0 aliphatic rings. The Bertz CT molecular complexity index is 426. The van der Waals surface area contributed by atoms with E-state index in [0.29, 0.717) is 22.3 Å². The van der Waals surface area contributed by atoms with Crippen LogP contribution in [0.15, 0.2) is 23.1 Å². The molecular formula is C11H11NO2S2. The highest BCUT2D eigenvalue weighted by molar-refractivity contribution is 8.22. The quantitative estimate of drug-likeness (QED) is 0.612. The number of rotatable bonds is 3. The van der Waals surface area contributed by atoms with Crippen LogP contribution in [0.2, 0.25) is 0 Å². The van der Waals surface area contributed by atoms with Crippen LogP contribution >= 0.6 is 24.0 Å². The molecule has 0 aliphatic heterocycles. The molecule has 5 heteroatoms. The van der Waals surface area contributed by atoms with Crippen molar-refractivity contribution in [2.24, 2.45) is 0 Å². The van der Waals surface area contributed by atoms with E-state index in [0.717, 1.165) is 4.90 Å². The number of thiocarbonyl (C=S) groups is 1. The molecule has 0 spiro atoms. The fourth-order valence-corrected chi connectivity index (χ4v) is 2.14. The third-order valence-electron chi connectivity index (χ3n) is 1.76. The van der Waals surface area contributed by atoms with E-state index in [4.69, 9.17) is 27.0 Å². The summed E-state index contributed by atoms with van der Waals surface area (Å²) < 4.78 is 10.6. The maximum Gasteiger partial charge on any atom is 0.224 e. The standard InChI is InChI=1S/C11H11NO2S2/c1-3-14-11(15)16-10-5-4-9(13-2)6-8(10)7-12/h4-6H,3H2,1-2H3. The van der Waals surface area contributed by atoms with Crippen molar-refractivity contribution < 1.29 is 9.47 Å². The Morgan fingerprint density at radius 1 is 1.56 bits per heavy atom. The minimum atomic E-state index is 0.421. The van der Waals surface area contributed by atoms with Gasteiger partial charge in [0.25, 0.3) is 0 Å². The number of hydrogen-bond acceptors (Lipinski definition) is 5. The lowest BCUT2D eigenvalue weighted by atomic mass is 10.2. The average Bonchev–Trinajstić information content (AvgIpc) is 2.30. The first-order chi connectivity index (χ1) is 7.71. The maximum atomic E-state index is 8.98. The number of methoxy groups -OCH3 is 1. The Morgan fingerprint density at radius 2 is 2.31 bits per heavy atom. The largest absolute Gasteiger partial charge is 0.497 e. The molecule has 0 heterocycles. The second-order valence-electron chi connectivity index (χ2n) is 2.76. The van der Waals surface area contributed by atoms with Crippen molar-refractivity contribution in [1.29, 1.82) is 5.26 Å². The van der Waals surface area contributed by atoms with Crippen LogP contribution in [0.3, 0.4) is 0 Å². The summed E-state index contributed by atoms with van der Waals surface area (Å²) in [5.41, 5.74) is 0.534. The molecule has 1 rings (SSSR count). The molecular weight excluding hydrogens is 242 g/mol. The van der Waals surface area contributed by atoms with Crippen molar-refractivity contribution in [2.75, 3.05) is 13.7 Å². The van der Waals surface area contributed by atoms with Gasteiger partial charge in [0, 0.05) is 4.90 Å². The lowest BCUT2D eigenvalue weighted by Crippen LogP contribution is -1.96. The highest BCUT2D eigenvalue weighted by atomic mass is 32.2. The lowest BCUT2D eigenvalue weighted by Gasteiger charge is -2.07. The van der Waals surface area contributed by atoms with Gasteiger partial charge in [-0.1, -0.05) is 0 Å². The summed E-state index contributed by atoms with van der Waals surface area (Å²) in [5, 5.41) is 8.98. The molecule has 1 aromatic carbocycles. The summed E-state index contributed by atoms with van der Waals surface area (Å²) in [7, 11) is 1.56. The average molecular weight is 253 g/mol. The van der Waals surface area contributed by atoms with E-state index in [1.165, 1.54) is 11.8 Å². The van der Waals surface area contributed by atoms with Gasteiger partial charge in [-0.15, -0.1) is 0 Å². The SMILES string of the molecule is CCOC(=S)Sc1ccc(OC)cc1C#N. The summed E-state index contributed by atoms with van der Waals surface area (Å²) >= 11 is 6.27. The van der Waals surface area contributed by atoms with Crippen molar-refractivity contribution >= 4 is 28.4 Å². The van der Waals surface area contributed by atoms with Crippen LogP contribution in [0.1, 0.15) is 12.5 Å². The fourth-order valence-electron chi connectivity index (χ4n) is 1.05. The molecule has 0 aliphatic carbocycles. The minimum absolute atomic E-state index is 0.421. The van der Waals surface area contributed by atoms with Gasteiger partial charge in [-0.3, -0.25) is 0 Å². The first kappa shape index (κ1) is 12.8. The molecule has 0 saturated heterocycles. The van der Waals surface area contributed by atoms with Crippen molar-refractivity contribution in [3.8, 4) is 11.8 Å². The van der Waals surface area contributed by atoms with Gasteiger partial charge in [-0.05, 0) is 49.1 Å². The van der Waals surface area contributed by atoms with Gasteiger partial charge in [0.1, 0.15) is 11.8 Å². The smallest absolute Gasteiger partial charge is 0.224 e. The van der Waals surface area contributed by atoms with Crippen LogP contribution < -0.4 is 4.74 Å². The maximum absolute atomic E-state index is 8.98. The van der Waals surface area contributed by atoms with E-state index in [1.54, 1.807) is 25.3 Å². The van der Waals surface area contributed by atoms with Crippen molar-refractivity contribution in [3.63, 3.8) is 0 Å². The molecule has 0 atom stereocenters. The van der Waals surface area contributed by atoms with Crippen LogP contribution in [-0.4, -0.2) is 18.1 Å². The van der Waals surface area contributed by atoms with E-state index in [1.807, 2.05) is 6.92 Å². The Labute approximate surface area is 104 Å². The van der Waals surface area contributed by atoms with Gasteiger partial charge in [0.2, 0.25) is 4.38 Å². The lowest BCUT2D eigenvalue weighted by molar-refractivity contribution is 0.346. The topological polar surface area (TPSA) is 42.2 Å². The summed E-state index contributed by atoms with van der Waals surface area (Å²) in [6.45, 7) is 2.40. The molecule has 0 saturated carbocycles. The number of benzene rings is 1. The Balaban J connectivity index is 2.88. The molecule has 0 bridgehead atoms. The highest BCUT2D eigenvalue weighted by Gasteiger charge is 2.08. The van der Waals surface area contributed by atoms with Gasteiger partial charge >= 0.3 is 0 Å². The van der Waals surface area contributed by atoms with Crippen molar-refractivity contribution in [3.05, 3.63) is 23.8 Å². The number of hydrogen-bond donors (Lipinski definition) is 0. The van der Waals surface area contributed by atoms with Crippen molar-refractivity contribution in [2.45, 2.75) is 11.8 Å². The zero-order chi connectivity index (χ0) is 12.0. The monoisotopic (exact) mass is 253 g/mol. The van der Waals surface area contributed by atoms with Gasteiger partial charge in [-0.25, -0.2) is 0 Å². The Hall–Kier alpha value is -1.25. The molecule has 3 nitrogen and oxygen atoms in total. The van der Waals surface area contributed by atoms with E-state index < -0.39 is 0 Å². The normalized spacial score (nSPS) is 9.31. The van der Waals surface area contributed by atoms with E-state index in [-0.39, 0.29) is 0 Å². The second-order valence-corrected chi connectivity index (χ2v) is 4.40. The van der Waals surface area contributed by atoms with Crippen LogP contribution in [0, 0.1) is 11.3 Å². The Morgan fingerprint density at radius 3 is 2.88 bits per heavy atom. The molecule has 16 heavy (non-hydrogen) atoms. The van der Waals surface area contributed by atoms with Crippen LogP contribution in [0.4, 0.5) is 0 Å². The summed E-state index contributed by atoms with van der Waals surface area (Å²) in [6.07, 6.45) is 0. The molecule has 0 unspecified atom stereocenters. The summed E-state index contributed by atoms with van der Waals surface area (Å²) in [4.78, 5) is 0.779. The van der Waals surface area contributed by atoms with E-state index >= 15 is 0 Å². The highest BCUT2D eigenvalue weighted by Crippen LogP contribution is 2.27. The van der Waals surface area contributed by atoms with Crippen molar-refractivity contribution in [1.82, 2.24) is 0 Å². The first-order valence-corrected chi connectivity index (χ1v) is 5.86. The molecule has 84 valence electrons. The van der Waals surface area contributed by atoms with Gasteiger partial charge in [-0.2, -0.15) is 5.26 Å². The number of ether oxygens (including phenoxy) is 2. The van der Waals surface area contributed by atoms with E-state index in [2.05, 4.69) is 6.07 Å². The predicted octanol–water partition coefficient (Wildman–Crippen LogP) is 2.98. The molecule has 0 fully saturated rings. The second kappa shape index (κ2) is 6.36. The van der Waals surface area contributed by atoms with Gasteiger partial charge in [0.15, 0.2) is 0 Å². The molecule has 0 N–H and O–H groups in total.